The summed E-state index contributed by atoms with van der Waals surface area (Å²) in [6, 6.07) is 2.00. The molecule has 0 bridgehead atoms. The largest absolute Gasteiger partial charge is 0.446 e. The Bertz CT molecular complexity index is 863. The molecule has 1 saturated carbocycles. The van der Waals surface area contributed by atoms with Gasteiger partial charge in [0.25, 0.3) is 0 Å². The summed E-state index contributed by atoms with van der Waals surface area (Å²) in [6.45, 7) is 9.23. The van der Waals surface area contributed by atoms with Crippen LogP contribution in [0.4, 0.5) is 23.8 Å². The SMILES string of the molecule is CC[C@@]1(C(=O)N2CCN(c3cc(C(F)(F)F)ccn3)CC2)CC[C@H](OC(=O)NC(C)(C)C)C1. The van der Waals surface area contributed by atoms with E-state index in [0.717, 1.165) is 18.3 Å². The maximum atomic E-state index is 13.4. The topological polar surface area (TPSA) is 74.8 Å². The number of nitrogens with one attached hydrogen (secondary N) is 1. The number of ether oxygens (including phenoxy) is 1. The van der Waals surface area contributed by atoms with Gasteiger partial charge in [0.05, 0.1) is 11.0 Å². The smallest absolute Gasteiger partial charge is 0.416 e. The first-order chi connectivity index (χ1) is 15.3. The number of halogens is 3. The van der Waals surface area contributed by atoms with Crippen LogP contribution in [0.3, 0.4) is 0 Å². The van der Waals surface area contributed by atoms with Crippen LogP contribution in [0.1, 0.15) is 58.9 Å². The van der Waals surface area contributed by atoms with Crippen molar-refractivity contribution in [2.45, 2.75) is 71.2 Å². The highest BCUT2D eigenvalue weighted by Gasteiger charge is 2.47. The lowest BCUT2D eigenvalue weighted by Gasteiger charge is -2.40. The van der Waals surface area contributed by atoms with Gasteiger partial charge in [0.15, 0.2) is 0 Å². The number of aromatic nitrogens is 1. The molecule has 0 spiro atoms. The maximum absolute atomic E-state index is 13.4. The van der Waals surface area contributed by atoms with Crippen molar-refractivity contribution in [3.63, 3.8) is 0 Å². The zero-order valence-electron chi connectivity index (χ0n) is 19.7. The van der Waals surface area contributed by atoms with Crippen LogP contribution in [-0.4, -0.2) is 59.7 Å². The Morgan fingerprint density at radius 2 is 1.88 bits per heavy atom. The molecule has 3 rings (SSSR count). The van der Waals surface area contributed by atoms with Gasteiger partial charge in [0.2, 0.25) is 5.91 Å². The highest BCUT2D eigenvalue weighted by molar-refractivity contribution is 5.83. The van der Waals surface area contributed by atoms with Crippen LogP contribution in [0.15, 0.2) is 18.3 Å². The third-order valence-corrected chi connectivity index (χ3v) is 6.41. The number of carbonyl (C=O) groups excluding carboxylic acids is 2. The number of pyridine rings is 1. The molecule has 1 aromatic heterocycles. The molecule has 2 heterocycles. The summed E-state index contributed by atoms with van der Waals surface area (Å²) in [5.74, 6) is 0.297. The average Bonchev–Trinajstić information content (AvgIpc) is 3.15. The number of rotatable bonds is 4. The number of carbonyl (C=O) groups is 2. The van der Waals surface area contributed by atoms with Crippen LogP contribution >= 0.6 is 0 Å². The number of amides is 2. The average molecular weight is 471 g/mol. The van der Waals surface area contributed by atoms with Crippen molar-refractivity contribution >= 4 is 17.8 Å². The zero-order valence-corrected chi connectivity index (χ0v) is 19.7. The molecule has 0 radical (unpaired) electrons. The minimum Gasteiger partial charge on any atom is -0.446 e. The summed E-state index contributed by atoms with van der Waals surface area (Å²) >= 11 is 0. The summed E-state index contributed by atoms with van der Waals surface area (Å²) in [5, 5.41) is 2.78. The molecule has 1 saturated heterocycles. The molecular formula is C23H33F3N4O3. The Kier molecular flexibility index (Phi) is 7.14. The fraction of sp³-hybridized carbons (Fsp3) is 0.696. The number of alkyl carbamates (subject to hydrolysis) is 1. The molecule has 1 N–H and O–H groups in total. The standard InChI is InChI=1S/C23H33F3N4O3/c1-5-22(8-6-17(15-22)33-20(32)28-21(2,3)4)19(31)30-12-10-29(11-13-30)18-14-16(7-9-27-18)23(24,25)26/h7,9,14,17H,5-6,8,10-13,15H2,1-4H3,(H,28,32)/t17-,22+/m0/s1. The molecule has 1 aromatic rings. The second-order valence-corrected chi connectivity index (χ2v) is 9.96. The molecule has 10 heteroatoms. The number of nitrogens with zero attached hydrogens (tertiary/aromatic N) is 3. The Morgan fingerprint density at radius 1 is 1.21 bits per heavy atom. The zero-order chi connectivity index (χ0) is 24.4. The summed E-state index contributed by atoms with van der Waals surface area (Å²) < 4.78 is 44.6. The Hall–Kier alpha value is -2.52. The first kappa shape index (κ1) is 25.1. The quantitative estimate of drug-likeness (QED) is 0.713. The Balaban J connectivity index is 1.59. The van der Waals surface area contributed by atoms with Gasteiger partial charge in [-0.15, -0.1) is 0 Å². The first-order valence-corrected chi connectivity index (χ1v) is 11.4. The van der Waals surface area contributed by atoms with Gasteiger partial charge in [-0.1, -0.05) is 6.92 Å². The summed E-state index contributed by atoms with van der Waals surface area (Å²) in [7, 11) is 0. The van der Waals surface area contributed by atoms with Gasteiger partial charge in [0.1, 0.15) is 11.9 Å². The number of piperazine rings is 1. The highest BCUT2D eigenvalue weighted by atomic mass is 19.4. The van der Waals surface area contributed by atoms with E-state index in [1.807, 2.05) is 27.7 Å². The van der Waals surface area contributed by atoms with E-state index in [0.29, 0.717) is 51.9 Å². The minimum atomic E-state index is -4.42. The molecule has 2 fully saturated rings. The van der Waals surface area contributed by atoms with Crippen LogP contribution in [0, 0.1) is 5.41 Å². The molecule has 7 nitrogen and oxygen atoms in total. The predicted molar refractivity (Wildman–Crippen MR) is 118 cm³/mol. The van der Waals surface area contributed by atoms with Gasteiger partial charge in [-0.3, -0.25) is 4.79 Å². The number of hydrogen-bond acceptors (Lipinski definition) is 5. The van der Waals surface area contributed by atoms with Crippen molar-refractivity contribution in [2.75, 3.05) is 31.1 Å². The van der Waals surface area contributed by atoms with Crippen LogP contribution in [0.25, 0.3) is 0 Å². The number of alkyl halides is 3. The highest BCUT2D eigenvalue weighted by Crippen LogP contribution is 2.44. The van der Waals surface area contributed by atoms with E-state index in [2.05, 4.69) is 10.3 Å². The third-order valence-electron chi connectivity index (χ3n) is 6.41. The number of anilines is 1. The molecule has 2 aliphatic rings. The van der Waals surface area contributed by atoms with Crippen LogP contribution < -0.4 is 10.2 Å². The molecule has 2 amide bonds. The summed E-state index contributed by atoms with van der Waals surface area (Å²) in [5.41, 5.74) is -1.71. The van der Waals surface area contributed by atoms with Crippen molar-refractivity contribution < 1.29 is 27.5 Å². The second-order valence-electron chi connectivity index (χ2n) is 9.96. The lowest BCUT2D eigenvalue weighted by molar-refractivity contribution is -0.143. The van der Waals surface area contributed by atoms with Gasteiger partial charge < -0.3 is 19.9 Å². The van der Waals surface area contributed by atoms with Crippen molar-refractivity contribution in [3.8, 4) is 0 Å². The van der Waals surface area contributed by atoms with Gasteiger partial charge >= 0.3 is 12.3 Å². The van der Waals surface area contributed by atoms with E-state index >= 15 is 0 Å². The van der Waals surface area contributed by atoms with E-state index in [9.17, 15) is 22.8 Å². The molecule has 0 unspecified atom stereocenters. The second kappa shape index (κ2) is 9.38. The lowest BCUT2D eigenvalue weighted by atomic mass is 9.81. The monoisotopic (exact) mass is 470 g/mol. The van der Waals surface area contributed by atoms with Gasteiger partial charge in [-0.25, -0.2) is 9.78 Å². The summed E-state index contributed by atoms with van der Waals surface area (Å²) in [6.07, 6.45) is -1.65. The molecule has 1 aliphatic carbocycles. The lowest BCUT2D eigenvalue weighted by Crippen LogP contribution is -2.53. The van der Waals surface area contributed by atoms with Gasteiger partial charge in [-0.2, -0.15) is 13.2 Å². The van der Waals surface area contributed by atoms with Crippen molar-refractivity contribution in [1.29, 1.82) is 0 Å². The van der Waals surface area contributed by atoms with Crippen molar-refractivity contribution in [3.05, 3.63) is 23.9 Å². The fourth-order valence-electron chi connectivity index (χ4n) is 4.57. The predicted octanol–water partition coefficient (Wildman–Crippen LogP) is 4.22. The summed E-state index contributed by atoms with van der Waals surface area (Å²) in [4.78, 5) is 33.2. The van der Waals surface area contributed by atoms with E-state index < -0.39 is 28.8 Å². The maximum Gasteiger partial charge on any atom is 0.416 e. The van der Waals surface area contributed by atoms with Crippen LogP contribution in [0.2, 0.25) is 0 Å². The van der Waals surface area contributed by atoms with E-state index in [-0.39, 0.29) is 17.8 Å². The Labute approximate surface area is 192 Å². The van der Waals surface area contributed by atoms with E-state index in [4.69, 9.17) is 4.74 Å². The van der Waals surface area contributed by atoms with Crippen LogP contribution in [0.5, 0.6) is 0 Å². The molecule has 2 atom stereocenters. The van der Waals surface area contributed by atoms with Crippen molar-refractivity contribution in [1.82, 2.24) is 15.2 Å². The first-order valence-electron chi connectivity index (χ1n) is 11.4. The van der Waals surface area contributed by atoms with Gasteiger partial charge in [0, 0.05) is 37.9 Å². The molecule has 0 aromatic carbocycles. The van der Waals surface area contributed by atoms with E-state index in [1.54, 1.807) is 9.80 Å². The van der Waals surface area contributed by atoms with Crippen molar-refractivity contribution in [2.24, 2.45) is 5.41 Å². The molecule has 33 heavy (non-hydrogen) atoms. The normalized spacial score (nSPS) is 24.0. The molecule has 1 aliphatic heterocycles. The number of hydrogen-bond donors (Lipinski definition) is 1. The molecule has 184 valence electrons. The Morgan fingerprint density at radius 3 is 2.45 bits per heavy atom. The third kappa shape index (κ3) is 6.09. The van der Waals surface area contributed by atoms with Gasteiger partial charge in [-0.05, 0) is 58.6 Å². The van der Waals surface area contributed by atoms with E-state index in [1.165, 1.54) is 0 Å². The minimum absolute atomic E-state index is 0.0315. The fourth-order valence-corrected chi connectivity index (χ4v) is 4.57. The molecular weight excluding hydrogens is 437 g/mol. The van der Waals surface area contributed by atoms with Crippen LogP contribution in [-0.2, 0) is 15.7 Å².